The van der Waals surface area contributed by atoms with Gasteiger partial charge in [0.1, 0.15) is 11.4 Å². The van der Waals surface area contributed by atoms with Crippen molar-refractivity contribution in [3.05, 3.63) is 78.3 Å². The van der Waals surface area contributed by atoms with Crippen molar-refractivity contribution in [1.29, 1.82) is 0 Å². The van der Waals surface area contributed by atoms with Crippen LogP contribution >= 0.6 is 23.2 Å². The number of hydrogen-bond donors (Lipinski definition) is 3. The van der Waals surface area contributed by atoms with Gasteiger partial charge < -0.3 is 25.5 Å². The van der Waals surface area contributed by atoms with Crippen molar-refractivity contribution >= 4 is 52.1 Å². The number of piperazine rings is 1. The molecule has 188 valence electrons. The minimum Gasteiger partial charge on any atom is -0.481 e. The number of aliphatic carboxylic acids is 1. The number of nitrogens with zero attached hydrogens (tertiary/aromatic N) is 3. The summed E-state index contributed by atoms with van der Waals surface area (Å²) in [5.41, 5.74) is 0.284. The molecular weight excluding hydrogens is 509 g/mol. The van der Waals surface area contributed by atoms with E-state index in [2.05, 4.69) is 20.5 Å². The second-order valence-corrected chi connectivity index (χ2v) is 9.34. The van der Waals surface area contributed by atoms with Crippen molar-refractivity contribution in [3.8, 4) is 0 Å². The first-order chi connectivity index (χ1) is 17.2. The number of hydrogen-bond acceptors (Lipinski definition) is 8. The molecule has 12 heteroatoms. The molecule has 0 aliphatic carbocycles. The molecule has 1 aliphatic heterocycles. The molecular formula is C24H23Cl2N5O5. The van der Waals surface area contributed by atoms with Gasteiger partial charge in [-0.25, -0.2) is 0 Å². The van der Waals surface area contributed by atoms with Crippen LogP contribution in [-0.4, -0.2) is 60.1 Å². The number of carboxylic acids is 1. The average Bonchev–Trinajstić information content (AvgIpc) is 2.84. The van der Waals surface area contributed by atoms with Crippen LogP contribution in [0.4, 0.5) is 17.1 Å². The summed E-state index contributed by atoms with van der Waals surface area (Å²) >= 11 is 12.1. The molecule has 3 aromatic rings. The minimum atomic E-state index is -1.08. The molecule has 1 saturated heterocycles. The molecule has 1 atom stereocenters. The first kappa shape index (κ1) is 25.6. The molecule has 0 radical (unpaired) electrons. The molecule has 36 heavy (non-hydrogen) atoms. The Labute approximate surface area is 216 Å². The minimum absolute atomic E-state index is 0.0827. The van der Waals surface area contributed by atoms with Gasteiger partial charge in [-0.3, -0.25) is 24.2 Å². The Bertz CT molecular complexity index is 1340. The smallest absolute Gasteiger partial charge is 0.305 e. The Morgan fingerprint density at radius 2 is 1.64 bits per heavy atom. The Hall–Kier alpha value is -3.47. The van der Waals surface area contributed by atoms with E-state index >= 15 is 0 Å². The Morgan fingerprint density at radius 1 is 1.03 bits per heavy atom. The molecule has 10 nitrogen and oxygen atoms in total. The van der Waals surface area contributed by atoms with E-state index in [1.54, 1.807) is 24.3 Å². The number of nitrogens with one attached hydrogen (secondary N) is 2. The summed E-state index contributed by atoms with van der Waals surface area (Å²) in [5.74, 6) is -1.60. The zero-order valence-electron chi connectivity index (χ0n) is 19.3. The van der Waals surface area contributed by atoms with E-state index in [0.717, 1.165) is 13.1 Å². The lowest BCUT2D eigenvalue weighted by Gasteiger charge is -2.35. The van der Waals surface area contributed by atoms with Gasteiger partial charge in [0, 0.05) is 44.3 Å². The highest BCUT2D eigenvalue weighted by Crippen LogP contribution is 2.29. The van der Waals surface area contributed by atoms with Crippen LogP contribution in [0, 0.1) is 0 Å². The van der Waals surface area contributed by atoms with Gasteiger partial charge in [-0.05, 0) is 24.7 Å². The number of carboxylic acid groups (broad SMARTS) is 1. The number of pyridine rings is 1. The van der Waals surface area contributed by atoms with Crippen LogP contribution in [0.15, 0.2) is 46.2 Å². The van der Waals surface area contributed by atoms with Gasteiger partial charge in [0.2, 0.25) is 0 Å². The lowest BCUT2D eigenvalue weighted by Crippen LogP contribution is -2.50. The van der Waals surface area contributed by atoms with Crippen molar-refractivity contribution in [2.24, 2.45) is 0 Å². The molecule has 2 aromatic carbocycles. The van der Waals surface area contributed by atoms with E-state index in [1.807, 2.05) is 11.9 Å². The molecule has 3 N–H and O–H groups in total. The molecule has 1 fully saturated rings. The van der Waals surface area contributed by atoms with Crippen LogP contribution < -0.4 is 26.4 Å². The Kier molecular flexibility index (Phi) is 7.58. The fraction of sp³-hybridized carbons (Fsp3) is 0.292. The maximum Gasteiger partial charge on any atom is 0.305 e. The Balaban J connectivity index is 1.53. The maximum atomic E-state index is 12.6. The van der Waals surface area contributed by atoms with Gasteiger partial charge in [-0.15, -0.1) is 0 Å². The fourth-order valence-electron chi connectivity index (χ4n) is 4.07. The van der Waals surface area contributed by atoms with Crippen molar-refractivity contribution in [2.45, 2.75) is 12.5 Å². The lowest BCUT2D eigenvalue weighted by atomic mass is 10.0. The van der Waals surface area contributed by atoms with Crippen molar-refractivity contribution in [1.82, 2.24) is 9.88 Å². The maximum absolute atomic E-state index is 12.6. The van der Waals surface area contributed by atoms with Gasteiger partial charge in [-0.1, -0.05) is 35.3 Å². The predicted molar refractivity (Wildman–Crippen MR) is 138 cm³/mol. The SMILES string of the molecule is CN1CCN(c2c(NC(CC(=O)O)c3ccc(NC(=O)c4c(Cl)cncc4Cl)cc3)c(=O)c2=O)CC1. The van der Waals surface area contributed by atoms with E-state index < -0.39 is 28.8 Å². The van der Waals surface area contributed by atoms with Crippen LogP contribution in [-0.2, 0) is 4.79 Å². The van der Waals surface area contributed by atoms with E-state index in [4.69, 9.17) is 23.2 Å². The number of carbonyl (C=O) groups is 2. The van der Waals surface area contributed by atoms with Crippen molar-refractivity contribution in [2.75, 3.05) is 48.8 Å². The van der Waals surface area contributed by atoms with E-state index in [1.165, 1.54) is 12.4 Å². The second-order valence-electron chi connectivity index (χ2n) is 8.52. The van der Waals surface area contributed by atoms with Gasteiger partial charge in [0.15, 0.2) is 0 Å². The lowest BCUT2D eigenvalue weighted by molar-refractivity contribution is -0.137. The second kappa shape index (κ2) is 10.7. The van der Waals surface area contributed by atoms with Gasteiger partial charge in [0.25, 0.3) is 16.8 Å². The first-order valence-electron chi connectivity index (χ1n) is 11.1. The summed E-state index contributed by atoms with van der Waals surface area (Å²) in [7, 11) is 1.98. The summed E-state index contributed by atoms with van der Waals surface area (Å²) in [4.78, 5) is 56.7. The highest BCUT2D eigenvalue weighted by molar-refractivity contribution is 6.40. The number of carbonyl (C=O) groups excluding carboxylic acids is 1. The number of aromatic nitrogens is 1. The third-order valence-electron chi connectivity index (χ3n) is 6.05. The third kappa shape index (κ3) is 5.35. The molecule has 4 rings (SSSR count). The summed E-state index contributed by atoms with van der Waals surface area (Å²) < 4.78 is 0. The van der Waals surface area contributed by atoms with Crippen LogP contribution in [0.2, 0.25) is 10.0 Å². The van der Waals surface area contributed by atoms with Crippen LogP contribution in [0.1, 0.15) is 28.4 Å². The highest BCUT2D eigenvalue weighted by Gasteiger charge is 2.30. The monoisotopic (exact) mass is 531 g/mol. The van der Waals surface area contributed by atoms with Gasteiger partial charge >= 0.3 is 5.97 Å². The zero-order valence-corrected chi connectivity index (χ0v) is 20.8. The van der Waals surface area contributed by atoms with Gasteiger partial charge in [0.05, 0.1) is 28.1 Å². The standard InChI is InChI=1S/C24H23Cl2N5O5/c1-30-6-8-31(9-7-30)21-20(22(34)23(21)35)29-17(10-18(32)33)13-2-4-14(5-3-13)28-24(36)19-15(25)11-27-12-16(19)26/h2-5,11-12,17,29H,6-10H2,1H3,(H,28,36)(H,32,33). The Morgan fingerprint density at radius 3 is 2.22 bits per heavy atom. The number of halogens is 2. The number of benzene rings is 1. The number of amides is 1. The molecule has 0 spiro atoms. The van der Waals surface area contributed by atoms with Crippen molar-refractivity contribution < 1.29 is 14.7 Å². The summed E-state index contributed by atoms with van der Waals surface area (Å²) in [6, 6.07) is 5.68. The quantitative estimate of drug-likeness (QED) is 0.375. The molecule has 1 amide bonds. The highest BCUT2D eigenvalue weighted by atomic mass is 35.5. The number of likely N-dealkylation sites (N-methyl/N-ethyl adjacent to an activating group) is 1. The molecule has 0 saturated carbocycles. The molecule has 1 aliphatic rings. The molecule has 0 bridgehead atoms. The number of rotatable bonds is 8. The number of anilines is 3. The first-order valence-corrected chi connectivity index (χ1v) is 11.9. The normalized spacial score (nSPS) is 15.0. The molecule has 1 aromatic heterocycles. The largest absolute Gasteiger partial charge is 0.481 e. The van der Waals surface area contributed by atoms with Gasteiger partial charge in [-0.2, -0.15) is 0 Å². The predicted octanol–water partition coefficient (Wildman–Crippen LogP) is 2.62. The van der Waals surface area contributed by atoms with Crippen LogP contribution in [0.5, 0.6) is 0 Å². The average molecular weight is 532 g/mol. The topological polar surface area (TPSA) is 132 Å². The van der Waals surface area contributed by atoms with Crippen molar-refractivity contribution in [3.63, 3.8) is 0 Å². The van der Waals surface area contributed by atoms with E-state index in [-0.39, 0.29) is 27.7 Å². The molecule has 1 unspecified atom stereocenters. The van der Waals surface area contributed by atoms with E-state index in [9.17, 15) is 24.3 Å². The summed E-state index contributed by atoms with van der Waals surface area (Å²) in [6.45, 7) is 2.69. The third-order valence-corrected chi connectivity index (χ3v) is 6.63. The summed E-state index contributed by atoms with van der Waals surface area (Å²) in [6.07, 6.45) is 2.30. The zero-order chi connectivity index (χ0) is 26.0. The fourth-order valence-corrected chi connectivity index (χ4v) is 4.60. The summed E-state index contributed by atoms with van der Waals surface area (Å²) in [5, 5.41) is 15.3. The van der Waals surface area contributed by atoms with Crippen LogP contribution in [0.25, 0.3) is 0 Å². The van der Waals surface area contributed by atoms with E-state index in [0.29, 0.717) is 30.0 Å². The molecule has 2 heterocycles. The van der Waals surface area contributed by atoms with Crippen LogP contribution in [0.3, 0.4) is 0 Å².